The molecule has 17 heavy (non-hydrogen) atoms. The molecule has 0 bridgehead atoms. The number of ether oxygens (including phenoxy) is 1. The van der Waals surface area contributed by atoms with Crippen molar-refractivity contribution in [2.75, 3.05) is 7.11 Å². The number of carbonyl (C=O) groups excluding carboxylic acids is 1. The maximum Gasteiger partial charge on any atom is 0.310 e. The minimum Gasteiger partial charge on any atom is -0.469 e. The van der Waals surface area contributed by atoms with E-state index in [1.54, 1.807) is 12.4 Å². The van der Waals surface area contributed by atoms with E-state index in [1.807, 2.05) is 0 Å². The number of aromatic nitrogens is 2. The van der Waals surface area contributed by atoms with Crippen LogP contribution >= 0.6 is 0 Å². The smallest absolute Gasteiger partial charge is 0.310 e. The summed E-state index contributed by atoms with van der Waals surface area (Å²) in [7, 11) is 1.45. The van der Waals surface area contributed by atoms with Crippen LogP contribution in [-0.4, -0.2) is 29.1 Å². The maximum atomic E-state index is 11.5. The van der Waals surface area contributed by atoms with Crippen LogP contribution in [0.5, 0.6) is 0 Å². The predicted molar refractivity (Wildman–Crippen MR) is 62.0 cm³/mol. The van der Waals surface area contributed by atoms with E-state index in [-0.39, 0.29) is 17.9 Å². The Balaban J connectivity index is 1.88. The van der Waals surface area contributed by atoms with E-state index in [4.69, 9.17) is 4.74 Å². The summed E-state index contributed by atoms with van der Waals surface area (Å²) >= 11 is 0. The monoisotopic (exact) mass is 235 g/mol. The highest BCUT2D eigenvalue weighted by atomic mass is 16.5. The Hall–Kier alpha value is -1.49. The van der Waals surface area contributed by atoms with Crippen molar-refractivity contribution in [3.05, 3.63) is 24.3 Å². The summed E-state index contributed by atoms with van der Waals surface area (Å²) in [5.74, 6) is -0.117. The van der Waals surface area contributed by atoms with E-state index in [2.05, 4.69) is 15.3 Å². The zero-order valence-electron chi connectivity index (χ0n) is 9.93. The predicted octanol–water partition coefficient (Wildman–Crippen LogP) is 0.908. The zero-order valence-corrected chi connectivity index (χ0v) is 9.93. The van der Waals surface area contributed by atoms with E-state index in [1.165, 1.54) is 13.4 Å². The molecule has 0 amide bonds. The molecule has 1 aliphatic carbocycles. The van der Waals surface area contributed by atoms with Gasteiger partial charge in [0.05, 0.1) is 13.0 Å². The Morgan fingerprint density at radius 2 is 2.24 bits per heavy atom. The molecule has 0 aromatic carbocycles. The van der Waals surface area contributed by atoms with Gasteiger partial charge in [0.2, 0.25) is 0 Å². The lowest BCUT2D eigenvalue weighted by molar-refractivity contribution is -0.145. The summed E-state index contributed by atoms with van der Waals surface area (Å²) in [5.41, 5.74) is 1.03. The number of nitrogens with zero attached hydrogens (tertiary/aromatic N) is 2. The van der Waals surface area contributed by atoms with Crippen LogP contribution in [0.15, 0.2) is 18.7 Å². The first kappa shape index (κ1) is 12.0. The fraction of sp³-hybridized carbons (Fsp3) is 0.583. The fourth-order valence-electron chi connectivity index (χ4n) is 2.31. The number of rotatable bonds is 4. The molecule has 1 heterocycles. The molecule has 0 unspecified atom stereocenters. The van der Waals surface area contributed by atoms with Crippen LogP contribution in [0.25, 0.3) is 0 Å². The lowest BCUT2D eigenvalue weighted by Crippen LogP contribution is -2.36. The summed E-state index contributed by atoms with van der Waals surface area (Å²) < 4.78 is 4.81. The van der Waals surface area contributed by atoms with Crippen LogP contribution in [0.3, 0.4) is 0 Å². The van der Waals surface area contributed by atoms with Crippen LogP contribution in [0.2, 0.25) is 0 Å². The van der Waals surface area contributed by atoms with Crippen LogP contribution < -0.4 is 5.32 Å². The third kappa shape index (κ3) is 3.00. The van der Waals surface area contributed by atoms with Crippen molar-refractivity contribution in [1.82, 2.24) is 15.3 Å². The molecule has 92 valence electrons. The van der Waals surface area contributed by atoms with Crippen molar-refractivity contribution in [2.45, 2.75) is 31.8 Å². The lowest BCUT2D eigenvalue weighted by atomic mass is 10.0. The Kier molecular flexibility index (Phi) is 4.03. The molecule has 0 aliphatic heterocycles. The minimum atomic E-state index is -0.107. The second kappa shape index (κ2) is 5.72. The first-order chi connectivity index (χ1) is 8.31. The van der Waals surface area contributed by atoms with Gasteiger partial charge in [-0.05, 0) is 12.8 Å². The molecule has 1 saturated carbocycles. The highest BCUT2D eigenvalue weighted by molar-refractivity contribution is 5.73. The number of esters is 1. The third-order valence-corrected chi connectivity index (χ3v) is 3.20. The molecule has 1 fully saturated rings. The van der Waals surface area contributed by atoms with Crippen LogP contribution in [-0.2, 0) is 16.1 Å². The lowest BCUT2D eigenvalue weighted by Gasteiger charge is -2.18. The van der Waals surface area contributed by atoms with Crippen molar-refractivity contribution in [1.29, 1.82) is 0 Å². The minimum absolute atomic E-state index is 0.00960. The molecule has 5 heteroatoms. The maximum absolute atomic E-state index is 11.5. The first-order valence-corrected chi connectivity index (χ1v) is 5.86. The summed E-state index contributed by atoms with van der Waals surface area (Å²) in [4.78, 5) is 19.5. The Labute approximate surface area is 101 Å². The molecule has 0 spiro atoms. The quantitative estimate of drug-likeness (QED) is 0.786. The Morgan fingerprint density at radius 3 is 2.94 bits per heavy atom. The van der Waals surface area contributed by atoms with Gasteiger partial charge in [-0.3, -0.25) is 4.79 Å². The van der Waals surface area contributed by atoms with Gasteiger partial charge >= 0.3 is 5.97 Å². The molecule has 2 rings (SSSR count). The molecule has 1 aromatic heterocycles. The van der Waals surface area contributed by atoms with Gasteiger partial charge in [-0.15, -0.1) is 0 Å². The molecule has 1 aromatic rings. The Morgan fingerprint density at radius 1 is 1.47 bits per heavy atom. The first-order valence-electron chi connectivity index (χ1n) is 5.86. The molecule has 1 aliphatic rings. The SMILES string of the molecule is COC(=O)[C@H]1CCC[C@@H]1NCc1cncnc1. The number of hydrogen-bond acceptors (Lipinski definition) is 5. The second-order valence-corrected chi connectivity index (χ2v) is 4.29. The van der Waals surface area contributed by atoms with Crippen molar-refractivity contribution >= 4 is 5.97 Å². The van der Waals surface area contributed by atoms with Gasteiger partial charge in [0.25, 0.3) is 0 Å². The van der Waals surface area contributed by atoms with E-state index < -0.39 is 0 Å². The van der Waals surface area contributed by atoms with E-state index in [0.717, 1.165) is 24.8 Å². The highest BCUT2D eigenvalue weighted by Crippen LogP contribution is 2.26. The van der Waals surface area contributed by atoms with Gasteiger partial charge in [-0.2, -0.15) is 0 Å². The van der Waals surface area contributed by atoms with Crippen molar-refractivity contribution < 1.29 is 9.53 Å². The third-order valence-electron chi connectivity index (χ3n) is 3.20. The summed E-state index contributed by atoms with van der Waals surface area (Å²) in [6, 6.07) is 0.211. The van der Waals surface area contributed by atoms with Gasteiger partial charge in [0, 0.05) is 30.5 Å². The number of nitrogens with one attached hydrogen (secondary N) is 1. The summed E-state index contributed by atoms with van der Waals surface area (Å²) in [6.07, 6.45) is 8.08. The number of carbonyl (C=O) groups is 1. The van der Waals surface area contributed by atoms with Crippen LogP contribution in [0.1, 0.15) is 24.8 Å². The fourth-order valence-corrected chi connectivity index (χ4v) is 2.31. The molecular formula is C12H17N3O2. The van der Waals surface area contributed by atoms with Crippen LogP contribution in [0.4, 0.5) is 0 Å². The second-order valence-electron chi connectivity index (χ2n) is 4.29. The number of hydrogen-bond donors (Lipinski definition) is 1. The molecule has 5 nitrogen and oxygen atoms in total. The zero-order chi connectivity index (χ0) is 12.1. The highest BCUT2D eigenvalue weighted by Gasteiger charge is 2.33. The molecule has 1 N–H and O–H groups in total. The molecule has 0 radical (unpaired) electrons. The van der Waals surface area contributed by atoms with E-state index >= 15 is 0 Å². The normalized spacial score (nSPS) is 23.6. The average Bonchev–Trinajstić information content (AvgIpc) is 2.85. The topological polar surface area (TPSA) is 64.1 Å². The standard InChI is InChI=1S/C12H17N3O2/c1-17-12(16)10-3-2-4-11(10)15-7-9-5-13-8-14-6-9/h5-6,8,10-11,15H,2-4,7H2,1H3/t10-,11-/m0/s1. The summed E-state index contributed by atoms with van der Waals surface area (Å²) in [6.45, 7) is 0.693. The van der Waals surface area contributed by atoms with Crippen molar-refractivity contribution in [3.63, 3.8) is 0 Å². The molecule has 0 saturated heterocycles. The largest absolute Gasteiger partial charge is 0.469 e. The van der Waals surface area contributed by atoms with Gasteiger partial charge in [-0.1, -0.05) is 6.42 Å². The van der Waals surface area contributed by atoms with Gasteiger partial charge in [-0.25, -0.2) is 9.97 Å². The van der Waals surface area contributed by atoms with Gasteiger partial charge < -0.3 is 10.1 Å². The average molecular weight is 235 g/mol. The van der Waals surface area contributed by atoms with Crippen molar-refractivity contribution in [2.24, 2.45) is 5.92 Å². The summed E-state index contributed by atoms with van der Waals surface area (Å²) in [5, 5.41) is 3.38. The van der Waals surface area contributed by atoms with E-state index in [9.17, 15) is 4.79 Å². The van der Waals surface area contributed by atoms with Crippen LogP contribution in [0, 0.1) is 5.92 Å². The van der Waals surface area contributed by atoms with Crippen molar-refractivity contribution in [3.8, 4) is 0 Å². The number of methoxy groups -OCH3 is 1. The van der Waals surface area contributed by atoms with E-state index in [0.29, 0.717) is 6.54 Å². The van der Waals surface area contributed by atoms with Gasteiger partial charge in [0.1, 0.15) is 6.33 Å². The van der Waals surface area contributed by atoms with Gasteiger partial charge in [0.15, 0.2) is 0 Å². The molecular weight excluding hydrogens is 218 g/mol. The Bertz CT molecular complexity index is 369. The molecule has 2 atom stereocenters.